The number of aromatic amines is 1. The van der Waals surface area contributed by atoms with Crippen molar-refractivity contribution in [2.75, 3.05) is 7.05 Å². The van der Waals surface area contributed by atoms with E-state index >= 15 is 0 Å². The molecule has 0 atom stereocenters. The molecule has 148 valence electrons. The number of aromatic nitrogens is 2. The number of imidazole rings is 1. The Morgan fingerprint density at radius 2 is 1.11 bits per heavy atom. The minimum Gasteiger partial charge on any atom is -0.358 e. The maximum absolute atomic E-state index is 5.83. The first-order chi connectivity index (χ1) is 11.8. The van der Waals surface area contributed by atoms with Crippen LogP contribution in [0.15, 0.2) is 66.9 Å². The molecule has 1 aromatic heterocycles. The van der Waals surface area contributed by atoms with E-state index in [9.17, 15) is 0 Å². The third-order valence-corrected chi connectivity index (χ3v) is 2.71. The predicted molar refractivity (Wildman–Crippen MR) is 118 cm³/mol. The Kier molecular flexibility index (Phi) is 35.8. The summed E-state index contributed by atoms with van der Waals surface area (Å²) in [4.78, 5) is 10.5. The zero-order chi connectivity index (χ0) is 18.2. The van der Waals surface area contributed by atoms with E-state index in [0.717, 1.165) is 22.6 Å². The van der Waals surface area contributed by atoms with Gasteiger partial charge < -0.3 is 24.7 Å². The molecule has 0 amide bonds. The third kappa shape index (κ3) is 14.4. The van der Waals surface area contributed by atoms with Crippen LogP contribution in [0.25, 0.3) is 27.5 Å². The molecular weight excluding hydrogens is 496 g/mol. The van der Waals surface area contributed by atoms with Gasteiger partial charge in [0.2, 0.25) is 7.05 Å². The quantitative estimate of drug-likeness (QED) is 0.349. The second-order valence-electron chi connectivity index (χ2n) is 4.10. The number of hydrogen-bond acceptors (Lipinski definition) is 1. The van der Waals surface area contributed by atoms with Gasteiger partial charge in [0.05, 0.1) is 11.9 Å². The second kappa shape index (κ2) is 26.3. The second-order valence-corrected chi connectivity index (χ2v) is 4.10. The van der Waals surface area contributed by atoms with Crippen LogP contribution in [0.2, 0.25) is 0 Å². The van der Waals surface area contributed by atoms with E-state index in [4.69, 9.17) is 6.57 Å². The summed E-state index contributed by atoms with van der Waals surface area (Å²) in [5, 5.41) is 0. The van der Waals surface area contributed by atoms with E-state index in [-0.39, 0.29) is 80.3 Å². The minimum absolute atomic E-state index is 0. The Balaban J connectivity index is -0.000000144. The molecule has 0 fully saturated rings. The van der Waals surface area contributed by atoms with Crippen LogP contribution in [0.3, 0.4) is 0 Å². The molecule has 1 heterocycles. The normalized spacial score (nSPS) is 7.00. The van der Waals surface area contributed by atoms with Crippen LogP contribution in [0, 0.1) is 21.4 Å². The van der Waals surface area contributed by atoms with Crippen molar-refractivity contribution < 1.29 is 65.4 Å². The van der Waals surface area contributed by atoms with E-state index in [1.807, 2.05) is 82.4 Å². The number of rotatable bonds is 2. The van der Waals surface area contributed by atoms with Gasteiger partial charge >= 0.3 is 0 Å². The molecule has 0 saturated heterocycles. The molecule has 2 aromatic carbocycles. The van der Waals surface area contributed by atoms with Gasteiger partial charge in [0.1, 0.15) is 5.82 Å². The topological polar surface area (TPSA) is 33.0 Å². The average molecular weight is 529 g/mol. The Morgan fingerprint density at radius 1 is 0.750 bits per heavy atom. The van der Waals surface area contributed by atoms with E-state index in [1.54, 1.807) is 0 Å². The maximum Gasteiger partial charge on any atom is 0.205 e. The van der Waals surface area contributed by atoms with Crippen molar-refractivity contribution in [1.29, 1.82) is 0 Å². The van der Waals surface area contributed by atoms with Gasteiger partial charge in [0, 0.05) is 71.0 Å². The summed E-state index contributed by atoms with van der Waals surface area (Å²) in [6.45, 7) is 13.8. The van der Waals surface area contributed by atoms with Gasteiger partial charge in [-0.15, -0.1) is 0 Å². The zero-order valence-corrected chi connectivity index (χ0v) is 24.1. The SMILES string of the molecule is CC.CC.[C-]#[N+]C.[CH3-].[CH3-].[Y].[Y].c1ccc(-c2cnc(-c3ccccc3)[nH]2)cc1. The van der Waals surface area contributed by atoms with Gasteiger partial charge in [0.25, 0.3) is 0 Å². The molecule has 0 bridgehead atoms. The third-order valence-electron chi connectivity index (χ3n) is 2.71. The molecule has 3 aromatic rings. The number of nitrogens with zero attached hydrogens (tertiary/aromatic N) is 2. The van der Waals surface area contributed by atoms with Crippen molar-refractivity contribution in [3.63, 3.8) is 0 Å². The largest absolute Gasteiger partial charge is 0.358 e. The first kappa shape index (κ1) is 38.0. The van der Waals surface area contributed by atoms with Crippen molar-refractivity contribution in [3.05, 3.63) is 93.1 Å². The van der Waals surface area contributed by atoms with Crippen molar-refractivity contribution in [3.8, 4) is 22.6 Å². The molecule has 1 N–H and O–H groups in total. The van der Waals surface area contributed by atoms with Gasteiger partial charge in [-0.05, 0) is 5.56 Å². The molecule has 0 aliphatic rings. The standard InChI is InChI=1S/C15H12N2.C2H3N.2C2H6.2CH3.2Y/c1-3-7-12(8-4-1)14-11-16-15(17-14)13-9-5-2-6-10-13;1-3-2;2*1-2;;;;/h1-11H,(H,16,17);1H3;2*1-2H3;2*1H3;;/q;;;;2*-1;;. The Morgan fingerprint density at radius 3 is 1.50 bits per heavy atom. The van der Waals surface area contributed by atoms with Crippen LogP contribution in [0.1, 0.15) is 27.7 Å². The fraction of sp³-hybridized carbons (Fsp3) is 0.217. The molecule has 0 unspecified atom stereocenters. The molecule has 0 saturated carbocycles. The molecule has 3 nitrogen and oxygen atoms in total. The fourth-order valence-corrected chi connectivity index (χ4v) is 1.83. The monoisotopic (exact) mass is 529 g/mol. The van der Waals surface area contributed by atoms with Crippen LogP contribution in [-0.4, -0.2) is 17.0 Å². The average Bonchev–Trinajstić information content (AvgIpc) is 3.17. The van der Waals surface area contributed by atoms with Crippen molar-refractivity contribution in [2.45, 2.75) is 27.7 Å². The summed E-state index contributed by atoms with van der Waals surface area (Å²) in [7, 11) is 1.42. The van der Waals surface area contributed by atoms with E-state index in [2.05, 4.69) is 26.9 Å². The van der Waals surface area contributed by atoms with Gasteiger partial charge in [0.15, 0.2) is 0 Å². The Labute approximate surface area is 223 Å². The first-order valence-corrected chi connectivity index (χ1v) is 8.26. The predicted octanol–water partition coefficient (Wildman–Crippen LogP) is 7.23. The van der Waals surface area contributed by atoms with Crippen LogP contribution in [-0.2, 0) is 65.4 Å². The summed E-state index contributed by atoms with van der Waals surface area (Å²) in [6.07, 6.45) is 1.87. The summed E-state index contributed by atoms with van der Waals surface area (Å²) in [6, 6.07) is 20.3. The molecular formula is C23H33N3Y2-2. The van der Waals surface area contributed by atoms with Gasteiger partial charge in [-0.3, -0.25) is 0 Å². The van der Waals surface area contributed by atoms with Crippen molar-refractivity contribution in [1.82, 2.24) is 9.97 Å². The molecule has 2 radical (unpaired) electrons. The summed E-state index contributed by atoms with van der Waals surface area (Å²) in [5.41, 5.74) is 3.31. The molecule has 3 rings (SSSR count). The van der Waals surface area contributed by atoms with E-state index in [1.165, 1.54) is 7.05 Å². The molecule has 28 heavy (non-hydrogen) atoms. The molecule has 0 aliphatic heterocycles. The van der Waals surface area contributed by atoms with E-state index < -0.39 is 0 Å². The van der Waals surface area contributed by atoms with Crippen LogP contribution in [0.4, 0.5) is 0 Å². The number of benzene rings is 2. The van der Waals surface area contributed by atoms with Gasteiger partial charge in [-0.25, -0.2) is 11.6 Å². The maximum atomic E-state index is 5.83. The number of nitrogens with one attached hydrogen (secondary N) is 1. The smallest absolute Gasteiger partial charge is 0.205 e. The summed E-state index contributed by atoms with van der Waals surface area (Å²) in [5.74, 6) is 0.907. The molecule has 5 heteroatoms. The first-order valence-electron chi connectivity index (χ1n) is 8.26. The number of hydrogen-bond donors (Lipinski definition) is 1. The zero-order valence-electron chi connectivity index (χ0n) is 18.4. The van der Waals surface area contributed by atoms with Gasteiger partial charge in [-0.1, -0.05) is 88.4 Å². The summed E-state index contributed by atoms with van der Waals surface area (Å²) < 4.78 is 0. The molecule has 0 spiro atoms. The van der Waals surface area contributed by atoms with E-state index in [0.29, 0.717) is 0 Å². The Bertz CT molecular complexity index is 637. The fourth-order valence-electron chi connectivity index (χ4n) is 1.83. The van der Waals surface area contributed by atoms with Crippen LogP contribution >= 0.6 is 0 Å². The van der Waals surface area contributed by atoms with Crippen molar-refractivity contribution >= 4 is 0 Å². The minimum atomic E-state index is 0. The summed E-state index contributed by atoms with van der Waals surface area (Å²) >= 11 is 0. The van der Waals surface area contributed by atoms with Crippen molar-refractivity contribution in [2.24, 2.45) is 0 Å². The van der Waals surface area contributed by atoms with Gasteiger partial charge in [-0.2, -0.15) is 0 Å². The van der Waals surface area contributed by atoms with Crippen LogP contribution < -0.4 is 0 Å². The molecule has 0 aliphatic carbocycles. The van der Waals surface area contributed by atoms with Crippen LogP contribution in [0.5, 0.6) is 0 Å². The Hall–Kier alpha value is -0.652. The number of H-pyrrole nitrogens is 1.